The zero-order valence-electron chi connectivity index (χ0n) is 16.6. The number of halogens is 3. The first-order valence-corrected chi connectivity index (χ1v) is 10.4. The molecule has 0 heterocycles. The van der Waals surface area contributed by atoms with Gasteiger partial charge in [0.2, 0.25) is 9.70 Å². The maximum absolute atomic E-state index is 12.5. The number of hydrogen-bond donors (Lipinski definition) is 3. The Hall–Kier alpha value is -1.93. The molecule has 0 bridgehead atoms. The van der Waals surface area contributed by atoms with Gasteiger partial charge in [0.1, 0.15) is 6.17 Å². The number of amides is 1. The second-order valence-corrected chi connectivity index (χ2v) is 9.15. The lowest BCUT2D eigenvalue weighted by molar-refractivity contribution is -0.121. The van der Waals surface area contributed by atoms with Crippen molar-refractivity contribution >= 4 is 63.7 Å². The lowest BCUT2D eigenvalue weighted by atomic mass is 10.1. The summed E-state index contributed by atoms with van der Waals surface area (Å²) in [5, 5.41) is 8.68. The summed E-state index contributed by atoms with van der Waals surface area (Å²) in [4.78, 5) is 12.5. The highest BCUT2D eigenvalue weighted by Crippen LogP contribution is 2.30. The smallest absolute Gasteiger partial charge is 0.228 e. The molecule has 0 saturated carbocycles. The molecule has 1 amide bonds. The lowest BCUT2D eigenvalue weighted by Gasteiger charge is -2.28. The minimum absolute atomic E-state index is 0.0390. The van der Waals surface area contributed by atoms with Gasteiger partial charge in [0.05, 0.1) is 20.6 Å². The lowest BCUT2D eigenvalue weighted by Crippen LogP contribution is -2.56. The van der Waals surface area contributed by atoms with Crippen molar-refractivity contribution in [2.45, 2.75) is 23.3 Å². The van der Waals surface area contributed by atoms with Gasteiger partial charge in [-0.2, -0.15) is 0 Å². The van der Waals surface area contributed by atoms with E-state index in [2.05, 4.69) is 16.0 Å². The van der Waals surface area contributed by atoms with E-state index in [1.165, 1.54) is 14.2 Å². The molecule has 3 N–H and O–H groups in total. The van der Waals surface area contributed by atoms with Crippen molar-refractivity contribution in [3.63, 3.8) is 0 Å². The van der Waals surface area contributed by atoms with Crippen LogP contribution in [0.2, 0.25) is 0 Å². The molecule has 2 aromatic carbocycles. The molecule has 2 rings (SSSR count). The molecule has 0 aliphatic carbocycles. The Morgan fingerprint density at radius 1 is 1.07 bits per heavy atom. The maximum atomic E-state index is 12.5. The number of hydrogen-bond acceptors (Lipinski definition) is 4. The molecule has 10 heteroatoms. The van der Waals surface area contributed by atoms with Crippen LogP contribution in [-0.2, 0) is 11.2 Å². The normalized spacial score (nSPS) is 11.9. The van der Waals surface area contributed by atoms with Crippen LogP contribution >= 0.6 is 47.0 Å². The number of ether oxygens (including phenoxy) is 2. The fraction of sp³-hybridized carbons (Fsp3) is 0.300. The third-order valence-corrected chi connectivity index (χ3v) is 4.87. The number of anilines is 1. The highest BCUT2D eigenvalue weighted by Gasteiger charge is 2.34. The summed E-state index contributed by atoms with van der Waals surface area (Å²) in [7, 11) is 3.06. The van der Waals surface area contributed by atoms with Crippen LogP contribution in [-0.4, -0.2) is 35.2 Å². The van der Waals surface area contributed by atoms with Gasteiger partial charge in [-0.3, -0.25) is 4.79 Å². The molecule has 0 unspecified atom stereocenters. The summed E-state index contributed by atoms with van der Waals surface area (Å²) in [6, 6.07) is 12.8. The fourth-order valence-corrected chi connectivity index (χ4v) is 3.17. The van der Waals surface area contributed by atoms with Gasteiger partial charge in [-0.1, -0.05) is 53.0 Å². The highest BCUT2D eigenvalue weighted by molar-refractivity contribution is 7.80. The van der Waals surface area contributed by atoms with Crippen LogP contribution in [0.3, 0.4) is 0 Å². The van der Waals surface area contributed by atoms with Gasteiger partial charge in [-0.15, -0.1) is 0 Å². The van der Waals surface area contributed by atoms with E-state index in [1.807, 2.05) is 31.2 Å². The third-order valence-electron chi connectivity index (χ3n) is 4.00. The second-order valence-electron chi connectivity index (χ2n) is 6.38. The average molecular weight is 491 g/mol. The molecule has 1 atom stereocenters. The standard InChI is InChI=1S/C20H22Cl3N3O3S/c1-12-5-4-6-14(9-12)24-19(30)26-18(20(21,22)23)25-17(27)11-13-7-8-15(28-2)16(10-13)29-3/h4-10,18H,11H2,1-3H3,(H,25,27)(H2,24,26,30)/t18-/m0/s1. The Morgan fingerprint density at radius 3 is 2.37 bits per heavy atom. The molecule has 162 valence electrons. The highest BCUT2D eigenvalue weighted by atomic mass is 35.6. The Bertz CT molecular complexity index is 906. The zero-order valence-corrected chi connectivity index (χ0v) is 19.7. The molecule has 0 saturated heterocycles. The second kappa shape index (κ2) is 10.9. The minimum Gasteiger partial charge on any atom is -0.493 e. The SMILES string of the molecule is COc1ccc(CC(=O)N[C@@H](NC(=S)Nc2cccc(C)c2)C(Cl)(Cl)Cl)cc1OC. The molecule has 2 aromatic rings. The predicted molar refractivity (Wildman–Crippen MR) is 126 cm³/mol. The van der Waals surface area contributed by atoms with Gasteiger partial charge in [-0.05, 0) is 54.5 Å². The number of carbonyl (C=O) groups is 1. The van der Waals surface area contributed by atoms with Crippen LogP contribution in [0.5, 0.6) is 11.5 Å². The number of methoxy groups -OCH3 is 2. The summed E-state index contributed by atoms with van der Waals surface area (Å²) in [6.45, 7) is 1.96. The van der Waals surface area contributed by atoms with Gasteiger partial charge >= 0.3 is 0 Å². The molecule has 0 aromatic heterocycles. The van der Waals surface area contributed by atoms with Crippen molar-refractivity contribution in [1.29, 1.82) is 0 Å². The van der Waals surface area contributed by atoms with Gasteiger partial charge < -0.3 is 25.4 Å². The van der Waals surface area contributed by atoms with Crippen molar-refractivity contribution in [1.82, 2.24) is 10.6 Å². The monoisotopic (exact) mass is 489 g/mol. The first-order valence-electron chi connectivity index (χ1n) is 8.83. The fourth-order valence-electron chi connectivity index (χ4n) is 2.61. The maximum Gasteiger partial charge on any atom is 0.228 e. The van der Waals surface area contributed by atoms with E-state index in [4.69, 9.17) is 56.5 Å². The summed E-state index contributed by atoms with van der Waals surface area (Å²) in [5.41, 5.74) is 2.53. The number of benzene rings is 2. The van der Waals surface area contributed by atoms with E-state index >= 15 is 0 Å². The van der Waals surface area contributed by atoms with E-state index in [9.17, 15) is 4.79 Å². The van der Waals surface area contributed by atoms with Gasteiger partial charge in [0.25, 0.3) is 0 Å². The molecular formula is C20H22Cl3N3O3S. The van der Waals surface area contributed by atoms with Crippen molar-refractivity contribution in [2.75, 3.05) is 19.5 Å². The molecule has 6 nitrogen and oxygen atoms in total. The molecule has 0 spiro atoms. The molecule has 0 fully saturated rings. The van der Waals surface area contributed by atoms with E-state index in [0.29, 0.717) is 17.1 Å². The van der Waals surface area contributed by atoms with Crippen LogP contribution in [0.15, 0.2) is 42.5 Å². The third kappa shape index (κ3) is 7.40. The van der Waals surface area contributed by atoms with E-state index < -0.39 is 9.96 Å². The largest absolute Gasteiger partial charge is 0.493 e. The zero-order chi connectivity index (χ0) is 22.3. The molecule has 0 aliphatic heterocycles. The first-order chi connectivity index (χ1) is 14.1. The number of carbonyl (C=O) groups excluding carboxylic acids is 1. The Balaban J connectivity index is 2.03. The number of thiocarbonyl (C=S) groups is 1. The Labute approximate surface area is 196 Å². The van der Waals surface area contributed by atoms with Crippen molar-refractivity contribution in [3.05, 3.63) is 53.6 Å². The Morgan fingerprint density at radius 2 is 1.77 bits per heavy atom. The number of rotatable bonds is 7. The summed E-state index contributed by atoms with van der Waals surface area (Å²) < 4.78 is 8.61. The quantitative estimate of drug-likeness (QED) is 0.304. The number of nitrogens with one attached hydrogen (secondary N) is 3. The predicted octanol–water partition coefficient (Wildman–Crippen LogP) is 4.35. The van der Waals surface area contributed by atoms with Crippen molar-refractivity contribution < 1.29 is 14.3 Å². The summed E-state index contributed by atoms with van der Waals surface area (Å²) in [6.07, 6.45) is -1.02. The van der Waals surface area contributed by atoms with Crippen LogP contribution in [0, 0.1) is 6.92 Å². The van der Waals surface area contributed by atoms with Crippen LogP contribution in [0.4, 0.5) is 5.69 Å². The van der Waals surface area contributed by atoms with Crippen molar-refractivity contribution in [2.24, 2.45) is 0 Å². The summed E-state index contributed by atoms with van der Waals surface area (Å²) >= 11 is 23.4. The summed E-state index contributed by atoms with van der Waals surface area (Å²) in [5.74, 6) is 0.710. The van der Waals surface area contributed by atoms with Crippen molar-refractivity contribution in [3.8, 4) is 11.5 Å². The molecular weight excluding hydrogens is 469 g/mol. The van der Waals surface area contributed by atoms with Crippen LogP contribution < -0.4 is 25.4 Å². The molecule has 0 radical (unpaired) electrons. The Kier molecular flexibility index (Phi) is 8.85. The van der Waals surface area contributed by atoms with Gasteiger partial charge in [0.15, 0.2) is 16.6 Å². The molecule has 0 aliphatic rings. The van der Waals surface area contributed by atoms with E-state index in [0.717, 1.165) is 11.3 Å². The first kappa shape index (κ1) is 24.3. The van der Waals surface area contributed by atoms with Crippen LogP contribution in [0.1, 0.15) is 11.1 Å². The minimum atomic E-state index is -1.84. The van der Waals surface area contributed by atoms with E-state index in [-0.39, 0.29) is 17.4 Å². The van der Waals surface area contributed by atoms with Gasteiger partial charge in [-0.25, -0.2) is 0 Å². The van der Waals surface area contributed by atoms with Gasteiger partial charge in [0, 0.05) is 5.69 Å². The van der Waals surface area contributed by atoms with Crippen LogP contribution in [0.25, 0.3) is 0 Å². The average Bonchev–Trinajstić information content (AvgIpc) is 2.66. The molecule has 30 heavy (non-hydrogen) atoms. The van der Waals surface area contributed by atoms with E-state index in [1.54, 1.807) is 18.2 Å². The topological polar surface area (TPSA) is 71.6 Å². The number of alkyl halides is 3. The number of aryl methyl sites for hydroxylation is 1.